The molecule has 14 heteroatoms. The number of hydrogen-bond acceptors (Lipinski definition) is 8. The second kappa shape index (κ2) is 9.68. The van der Waals surface area contributed by atoms with Crippen LogP contribution in [0.4, 0.5) is 11.4 Å². The van der Waals surface area contributed by atoms with E-state index in [1.165, 1.54) is 24.3 Å². The van der Waals surface area contributed by atoms with Gasteiger partial charge in [-0.3, -0.25) is 20.2 Å². The molecule has 1 aliphatic carbocycles. The van der Waals surface area contributed by atoms with Crippen molar-refractivity contribution in [2.75, 3.05) is 13.2 Å². The maximum Gasteiger partial charge on any atom is 0.338 e. The Morgan fingerprint density at radius 3 is 1.52 bits per heavy atom. The summed E-state index contributed by atoms with van der Waals surface area (Å²) in [6.07, 6.45) is 0. The van der Waals surface area contributed by atoms with Crippen LogP contribution in [-0.2, 0) is 9.47 Å². The number of benzene rings is 2. The summed E-state index contributed by atoms with van der Waals surface area (Å²) in [5, 5.41) is 21.6. The van der Waals surface area contributed by atoms with Gasteiger partial charge >= 0.3 is 11.9 Å². The van der Waals surface area contributed by atoms with Gasteiger partial charge in [0.15, 0.2) is 0 Å². The first-order valence-electron chi connectivity index (χ1n) is 9.03. The Hall–Kier alpha value is -2.66. The van der Waals surface area contributed by atoms with Gasteiger partial charge in [0.2, 0.25) is 0 Å². The summed E-state index contributed by atoms with van der Waals surface area (Å²) in [6.45, 7) is -0.478. The van der Waals surface area contributed by atoms with Crippen molar-refractivity contribution >= 4 is 69.7 Å². The Morgan fingerprint density at radius 1 is 0.818 bits per heavy atom. The van der Waals surface area contributed by atoms with Crippen LogP contribution < -0.4 is 0 Å². The molecule has 2 aromatic carbocycles. The molecule has 0 heterocycles. The third-order valence-electron chi connectivity index (χ3n) is 4.91. The normalized spacial score (nSPS) is 18.3. The second-order valence-electron chi connectivity index (χ2n) is 6.93. The smallest absolute Gasteiger partial charge is 0.338 e. The Labute approximate surface area is 205 Å². The minimum Gasteiger partial charge on any atom is -0.462 e. The van der Waals surface area contributed by atoms with E-state index in [1.807, 2.05) is 0 Å². The van der Waals surface area contributed by atoms with E-state index in [0.29, 0.717) is 0 Å². The van der Waals surface area contributed by atoms with Crippen LogP contribution in [0.1, 0.15) is 20.7 Å². The zero-order chi connectivity index (χ0) is 24.5. The molecule has 0 N–H and O–H groups in total. The van der Waals surface area contributed by atoms with Crippen LogP contribution in [0.15, 0.2) is 36.4 Å². The number of hydrogen-bond donors (Lipinski definition) is 0. The van der Waals surface area contributed by atoms with Crippen molar-refractivity contribution in [1.82, 2.24) is 0 Å². The standard InChI is InChI=1S/C19H12Cl4N2O8/c20-13-3-1-9(5-15(13)24(28)29)17(26)32-7-11-12(19(11,22)23)8-33-18(27)10-2-4-14(21)16(6-10)25(30)31/h1-6,11-12H,7-8H2/t11-,12+. The molecule has 0 aliphatic heterocycles. The number of nitro groups is 2. The van der Waals surface area contributed by atoms with Crippen LogP contribution in [0.25, 0.3) is 0 Å². The van der Waals surface area contributed by atoms with Gasteiger partial charge in [-0.15, -0.1) is 23.2 Å². The Bertz CT molecular complexity index is 1070. The summed E-state index contributed by atoms with van der Waals surface area (Å²) in [7, 11) is 0. The summed E-state index contributed by atoms with van der Waals surface area (Å²) in [5.41, 5.74) is -1.08. The van der Waals surface area contributed by atoms with Gasteiger partial charge in [0.05, 0.1) is 34.2 Å². The van der Waals surface area contributed by atoms with Gasteiger partial charge in [0, 0.05) is 24.0 Å². The fraction of sp³-hybridized carbons (Fsp3) is 0.263. The maximum atomic E-state index is 12.2. The summed E-state index contributed by atoms with van der Waals surface area (Å²) in [6, 6.07) is 6.90. The van der Waals surface area contributed by atoms with Gasteiger partial charge in [-0.2, -0.15) is 0 Å². The molecule has 33 heavy (non-hydrogen) atoms. The van der Waals surface area contributed by atoms with Crippen LogP contribution in [0.5, 0.6) is 0 Å². The molecule has 2 aromatic rings. The number of halogens is 4. The molecule has 1 saturated carbocycles. The predicted octanol–water partition coefficient (Wildman–Crippen LogP) is 5.24. The molecule has 3 rings (SSSR count). The number of carbonyl (C=O) groups is 2. The van der Waals surface area contributed by atoms with Crippen molar-refractivity contribution in [2.45, 2.75) is 4.33 Å². The molecule has 0 spiro atoms. The van der Waals surface area contributed by atoms with E-state index in [9.17, 15) is 29.8 Å². The molecule has 0 radical (unpaired) electrons. The topological polar surface area (TPSA) is 139 Å². The molecule has 1 fully saturated rings. The van der Waals surface area contributed by atoms with E-state index < -0.39 is 49.3 Å². The lowest BCUT2D eigenvalue weighted by atomic mass is 10.2. The number of rotatable bonds is 8. The number of carbonyl (C=O) groups excluding carboxylic acids is 2. The fourth-order valence-corrected chi connectivity index (χ4v) is 4.08. The summed E-state index contributed by atoms with van der Waals surface area (Å²) < 4.78 is 8.92. The highest BCUT2D eigenvalue weighted by atomic mass is 35.5. The van der Waals surface area contributed by atoms with Gasteiger partial charge in [0.1, 0.15) is 14.4 Å². The van der Waals surface area contributed by atoms with E-state index >= 15 is 0 Å². The van der Waals surface area contributed by atoms with Crippen molar-refractivity contribution in [3.63, 3.8) is 0 Å². The van der Waals surface area contributed by atoms with Crippen LogP contribution in [0, 0.1) is 32.1 Å². The van der Waals surface area contributed by atoms with Crippen molar-refractivity contribution in [1.29, 1.82) is 0 Å². The van der Waals surface area contributed by atoms with E-state index in [1.54, 1.807) is 0 Å². The second-order valence-corrected chi connectivity index (χ2v) is 9.19. The maximum absolute atomic E-state index is 12.2. The number of nitrogens with zero attached hydrogens (tertiary/aromatic N) is 2. The van der Waals surface area contributed by atoms with Gasteiger partial charge in [-0.25, -0.2) is 9.59 Å². The molecule has 0 aromatic heterocycles. The largest absolute Gasteiger partial charge is 0.462 e. The first-order chi connectivity index (χ1) is 15.4. The zero-order valence-corrected chi connectivity index (χ0v) is 19.2. The SMILES string of the molecule is O=C(OC[C@@H]1[C@H](COC(=O)c2ccc(Cl)c([N+](=O)[O-])c2)C1(Cl)Cl)c1ccc(Cl)c([N+](=O)[O-])c1. The highest BCUT2D eigenvalue weighted by Gasteiger charge is 2.64. The van der Waals surface area contributed by atoms with Gasteiger partial charge in [-0.05, 0) is 24.3 Å². The lowest BCUT2D eigenvalue weighted by Crippen LogP contribution is -2.11. The van der Waals surface area contributed by atoms with Crippen LogP contribution >= 0.6 is 46.4 Å². The summed E-state index contributed by atoms with van der Waals surface area (Å²) in [5.74, 6) is -2.87. The molecule has 0 bridgehead atoms. The molecule has 2 atom stereocenters. The molecule has 0 saturated heterocycles. The van der Waals surface area contributed by atoms with Crippen molar-refractivity contribution in [3.8, 4) is 0 Å². The Balaban J connectivity index is 1.57. The summed E-state index contributed by atoms with van der Waals surface area (Å²) in [4.78, 5) is 44.9. The minimum atomic E-state index is -1.35. The third-order valence-corrected chi connectivity index (χ3v) is 6.67. The van der Waals surface area contributed by atoms with Crippen LogP contribution in [-0.4, -0.2) is 39.3 Å². The average Bonchev–Trinajstić information content (AvgIpc) is 3.28. The molecule has 174 valence electrons. The highest BCUT2D eigenvalue weighted by Crippen LogP contribution is 2.59. The first kappa shape index (κ1) is 25.0. The molecule has 0 amide bonds. The van der Waals surface area contributed by atoms with Gasteiger partial charge in [-0.1, -0.05) is 23.2 Å². The first-order valence-corrected chi connectivity index (χ1v) is 10.5. The molecule has 1 aliphatic rings. The predicted molar refractivity (Wildman–Crippen MR) is 118 cm³/mol. The van der Waals surface area contributed by atoms with Crippen LogP contribution in [0.3, 0.4) is 0 Å². The Morgan fingerprint density at radius 2 is 1.18 bits per heavy atom. The Kier molecular flexibility index (Phi) is 7.32. The molecular weight excluding hydrogens is 526 g/mol. The van der Waals surface area contributed by atoms with E-state index in [0.717, 1.165) is 12.1 Å². The fourth-order valence-electron chi connectivity index (χ4n) is 2.97. The van der Waals surface area contributed by atoms with Crippen molar-refractivity contribution < 1.29 is 28.9 Å². The minimum absolute atomic E-state index is 0.0891. The zero-order valence-electron chi connectivity index (χ0n) is 16.2. The van der Waals surface area contributed by atoms with Crippen molar-refractivity contribution in [2.24, 2.45) is 11.8 Å². The van der Waals surface area contributed by atoms with E-state index in [4.69, 9.17) is 55.9 Å². The van der Waals surface area contributed by atoms with Crippen molar-refractivity contribution in [3.05, 3.63) is 77.8 Å². The van der Waals surface area contributed by atoms with E-state index in [-0.39, 0.29) is 34.4 Å². The summed E-state index contributed by atoms with van der Waals surface area (Å²) >= 11 is 23.8. The monoisotopic (exact) mass is 536 g/mol. The number of ether oxygens (including phenoxy) is 2. The van der Waals surface area contributed by atoms with Gasteiger partial charge in [0.25, 0.3) is 11.4 Å². The van der Waals surface area contributed by atoms with Crippen LogP contribution in [0.2, 0.25) is 10.0 Å². The quantitative estimate of drug-likeness (QED) is 0.192. The molecule has 10 nitrogen and oxygen atoms in total. The third kappa shape index (κ3) is 5.47. The number of nitro benzene ring substituents is 2. The number of esters is 2. The average molecular weight is 538 g/mol. The van der Waals surface area contributed by atoms with Gasteiger partial charge < -0.3 is 9.47 Å². The highest BCUT2D eigenvalue weighted by molar-refractivity contribution is 6.51. The van der Waals surface area contributed by atoms with E-state index in [2.05, 4.69) is 0 Å². The molecule has 0 unspecified atom stereocenters. The number of alkyl halides is 2. The lowest BCUT2D eigenvalue weighted by Gasteiger charge is -2.06. The lowest BCUT2D eigenvalue weighted by molar-refractivity contribution is -0.384. The molecular formula is C19H12Cl4N2O8.